The van der Waals surface area contributed by atoms with Gasteiger partial charge in [-0.25, -0.2) is 9.78 Å². The molecular formula is C18H22N6O3. The van der Waals surface area contributed by atoms with E-state index in [1.54, 1.807) is 37.8 Å². The monoisotopic (exact) mass is 370 g/mol. The fourth-order valence-corrected chi connectivity index (χ4v) is 2.52. The smallest absolute Gasteiger partial charge is 0.414 e. The first kappa shape index (κ1) is 18.4. The molecule has 0 aliphatic carbocycles. The summed E-state index contributed by atoms with van der Waals surface area (Å²) in [6.45, 7) is 4.20. The van der Waals surface area contributed by atoms with Gasteiger partial charge in [0.15, 0.2) is 5.82 Å². The van der Waals surface area contributed by atoms with Crippen LogP contribution in [0, 0.1) is 0 Å². The third-order valence-corrected chi connectivity index (χ3v) is 3.72. The van der Waals surface area contributed by atoms with Gasteiger partial charge in [-0.3, -0.25) is 9.72 Å². The van der Waals surface area contributed by atoms with E-state index in [0.717, 1.165) is 17.7 Å². The first-order valence-electron chi connectivity index (χ1n) is 8.61. The van der Waals surface area contributed by atoms with Crippen molar-refractivity contribution >= 4 is 23.5 Å². The van der Waals surface area contributed by atoms with Gasteiger partial charge in [0.25, 0.3) is 0 Å². The topological polar surface area (TPSA) is 103 Å². The van der Waals surface area contributed by atoms with E-state index >= 15 is 0 Å². The standard InChI is InChI=1S/C18H22N6O3/c1-12(2)27-18(25)21-17-23-22-16-15(20-9-10-24(16)17)19-8-7-13-5-4-6-14(11-13)26-3/h4-6,9-12H,7-8H2,1-3H3,(H,19,20)(H,21,23,25). The minimum absolute atomic E-state index is 0.223. The van der Waals surface area contributed by atoms with Crippen molar-refractivity contribution in [3.63, 3.8) is 0 Å². The Morgan fingerprint density at radius 1 is 1.30 bits per heavy atom. The van der Waals surface area contributed by atoms with Crippen LogP contribution in [0.1, 0.15) is 19.4 Å². The maximum absolute atomic E-state index is 11.8. The fraction of sp³-hybridized carbons (Fsp3) is 0.333. The van der Waals surface area contributed by atoms with Gasteiger partial charge in [0.2, 0.25) is 11.6 Å². The summed E-state index contributed by atoms with van der Waals surface area (Å²) in [6, 6.07) is 7.90. The number of fused-ring (bicyclic) bond motifs is 1. The van der Waals surface area contributed by atoms with Gasteiger partial charge in [-0.15, -0.1) is 10.2 Å². The fourth-order valence-electron chi connectivity index (χ4n) is 2.52. The van der Waals surface area contributed by atoms with E-state index in [2.05, 4.69) is 25.8 Å². The van der Waals surface area contributed by atoms with Crippen LogP contribution >= 0.6 is 0 Å². The number of benzene rings is 1. The Morgan fingerprint density at radius 2 is 2.15 bits per heavy atom. The van der Waals surface area contributed by atoms with Crippen LogP contribution in [-0.2, 0) is 11.2 Å². The average Bonchev–Trinajstić information content (AvgIpc) is 3.05. The normalized spacial score (nSPS) is 10.8. The second kappa shape index (κ2) is 8.35. The van der Waals surface area contributed by atoms with E-state index in [1.807, 2.05) is 24.3 Å². The highest BCUT2D eigenvalue weighted by atomic mass is 16.6. The van der Waals surface area contributed by atoms with Gasteiger partial charge in [-0.05, 0) is 38.0 Å². The molecule has 3 aromatic rings. The van der Waals surface area contributed by atoms with Crippen LogP contribution in [-0.4, -0.2) is 45.4 Å². The highest BCUT2D eigenvalue weighted by Crippen LogP contribution is 2.16. The molecule has 0 fully saturated rings. The Hall–Kier alpha value is -3.36. The first-order valence-corrected chi connectivity index (χ1v) is 8.61. The zero-order valence-corrected chi connectivity index (χ0v) is 15.5. The number of hydrogen-bond donors (Lipinski definition) is 2. The Labute approximate surface area is 156 Å². The number of ether oxygens (including phenoxy) is 2. The first-order chi connectivity index (χ1) is 13.1. The predicted molar refractivity (Wildman–Crippen MR) is 101 cm³/mol. The van der Waals surface area contributed by atoms with Crippen molar-refractivity contribution in [2.24, 2.45) is 0 Å². The number of nitrogens with zero attached hydrogens (tertiary/aromatic N) is 4. The molecule has 0 aliphatic heterocycles. The molecule has 9 heteroatoms. The lowest BCUT2D eigenvalue weighted by atomic mass is 10.1. The number of amides is 1. The van der Waals surface area contributed by atoms with Gasteiger partial charge in [0.05, 0.1) is 13.2 Å². The molecule has 0 saturated carbocycles. The zero-order valence-electron chi connectivity index (χ0n) is 15.5. The number of carbonyl (C=O) groups is 1. The van der Waals surface area contributed by atoms with Crippen LogP contribution in [0.3, 0.4) is 0 Å². The van der Waals surface area contributed by atoms with Crippen molar-refractivity contribution in [2.45, 2.75) is 26.4 Å². The number of anilines is 2. The summed E-state index contributed by atoms with van der Waals surface area (Å²) < 4.78 is 11.9. The van der Waals surface area contributed by atoms with Crippen molar-refractivity contribution in [3.05, 3.63) is 42.2 Å². The highest BCUT2D eigenvalue weighted by molar-refractivity contribution is 5.83. The van der Waals surface area contributed by atoms with Gasteiger partial charge in [0.1, 0.15) is 5.75 Å². The lowest BCUT2D eigenvalue weighted by molar-refractivity contribution is 0.129. The summed E-state index contributed by atoms with van der Waals surface area (Å²) >= 11 is 0. The van der Waals surface area contributed by atoms with Crippen LogP contribution in [0.15, 0.2) is 36.7 Å². The zero-order chi connectivity index (χ0) is 19.2. The Balaban J connectivity index is 1.67. The molecule has 1 amide bonds. The molecule has 0 spiro atoms. The summed E-state index contributed by atoms with van der Waals surface area (Å²) in [7, 11) is 1.65. The van der Waals surface area contributed by atoms with Crippen molar-refractivity contribution in [1.29, 1.82) is 0 Å². The van der Waals surface area contributed by atoms with Crippen molar-refractivity contribution in [1.82, 2.24) is 19.6 Å². The van der Waals surface area contributed by atoms with Crippen molar-refractivity contribution < 1.29 is 14.3 Å². The second-order valence-corrected chi connectivity index (χ2v) is 6.10. The molecule has 0 aliphatic rings. The quantitative estimate of drug-likeness (QED) is 0.659. The van der Waals surface area contributed by atoms with Crippen LogP contribution in [0.5, 0.6) is 5.75 Å². The summed E-state index contributed by atoms with van der Waals surface area (Å²) in [6.07, 6.45) is 3.28. The van der Waals surface area contributed by atoms with Crippen LogP contribution in [0.2, 0.25) is 0 Å². The molecule has 2 heterocycles. The largest absolute Gasteiger partial charge is 0.497 e. The maximum atomic E-state index is 11.8. The van der Waals surface area contributed by atoms with Gasteiger partial charge < -0.3 is 14.8 Å². The SMILES string of the molecule is COc1cccc(CCNc2nccn3c(NC(=O)OC(C)C)nnc23)c1. The molecule has 0 bridgehead atoms. The van der Waals surface area contributed by atoms with Crippen molar-refractivity contribution in [3.8, 4) is 5.75 Å². The number of methoxy groups -OCH3 is 1. The number of carbonyl (C=O) groups excluding carboxylic acids is 1. The molecule has 9 nitrogen and oxygen atoms in total. The van der Waals surface area contributed by atoms with E-state index < -0.39 is 6.09 Å². The molecule has 0 atom stereocenters. The molecule has 27 heavy (non-hydrogen) atoms. The lowest BCUT2D eigenvalue weighted by Gasteiger charge is -2.09. The molecule has 2 aromatic heterocycles. The minimum atomic E-state index is -0.580. The Bertz CT molecular complexity index is 924. The summed E-state index contributed by atoms with van der Waals surface area (Å²) in [5, 5.41) is 13.9. The molecule has 142 valence electrons. The molecule has 1 aromatic carbocycles. The Morgan fingerprint density at radius 3 is 2.93 bits per heavy atom. The van der Waals surface area contributed by atoms with Crippen LogP contribution in [0.4, 0.5) is 16.6 Å². The predicted octanol–water partition coefficient (Wildman–Crippen LogP) is 2.74. The minimum Gasteiger partial charge on any atom is -0.497 e. The molecule has 0 unspecified atom stereocenters. The second-order valence-electron chi connectivity index (χ2n) is 6.10. The number of aromatic nitrogens is 4. The number of hydrogen-bond acceptors (Lipinski definition) is 7. The summed E-state index contributed by atoms with van der Waals surface area (Å²) in [5.74, 6) is 1.68. The molecular weight excluding hydrogens is 348 g/mol. The lowest BCUT2D eigenvalue weighted by Crippen LogP contribution is -2.19. The van der Waals surface area contributed by atoms with E-state index in [4.69, 9.17) is 9.47 Å². The Kier molecular flexibility index (Phi) is 5.70. The molecule has 3 rings (SSSR count). The molecule has 0 saturated heterocycles. The number of rotatable bonds is 7. The average molecular weight is 370 g/mol. The van der Waals surface area contributed by atoms with Crippen LogP contribution in [0.25, 0.3) is 5.65 Å². The van der Waals surface area contributed by atoms with E-state index in [1.165, 1.54) is 0 Å². The van der Waals surface area contributed by atoms with E-state index in [9.17, 15) is 4.79 Å². The van der Waals surface area contributed by atoms with Crippen molar-refractivity contribution in [2.75, 3.05) is 24.3 Å². The summed E-state index contributed by atoms with van der Waals surface area (Å²) in [5.41, 5.74) is 1.66. The van der Waals surface area contributed by atoms with E-state index in [0.29, 0.717) is 18.0 Å². The molecule has 2 N–H and O–H groups in total. The van der Waals surface area contributed by atoms with Gasteiger partial charge >= 0.3 is 6.09 Å². The van der Waals surface area contributed by atoms with Crippen LogP contribution < -0.4 is 15.4 Å². The molecule has 0 radical (unpaired) electrons. The maximum Gasteiger partial charge on any atom is 0.414 e. The van der Waals surface area contributed by atoms with E-state index in [-0.39, 0.29) is 12.1 Å². The van der Waals surface area contributed by atoms with Gasteiger partial charge in [-0.2, -0.15) is 0 Å². The van der Waals surface area contributed by atoms with Gasteiger partial charge in [-0.1, -0.05) is 12.1 Å². The highest BCUT2D eigenvalue weighted by Gasteiger charge is 2.14. The summed E-state index contributed by atoms with van der Waals surface area (Å²) in [4.78, 5) is 16.1. The third-order valence-electron chi connectivity index (χ3n) is 3.72. The van der Waals surface area contributed by atoms with Gasteiger partial charge in [0, 0.05) is 18.9 Å². The number of nitrogens with one attached hydrogen (secondary N) is 2. The third kappa shape index (κ3) is 4.63.